The van der Waals surface area contributed by atoms with Crippen molar-refractivity contribution in [2.24, 2.45) is 0 Å². The maximum Gasteiger partial charge on any atom is 0.247 e. The molecule has 0 aliphatic carbocycles. The summed E-state index contributed by atoms with van der Waals surface area (Å²) in [4.78, 5) is 27.4. The van der Waals surface area contributed by atoms with E-state index in [2.05, 4.69) is 40.0 Å². The number of hydrogen-bond acceptors (Lipinski definition) is 11. The van der Waals surface area contributed by atoms with E-state index in [0.717, 1.165) is 36.2 Å². The highest BCUT2D eigenvalue weighted by atomic mass is 16.7. The molecular weight excluding hydrogens is 634 g/mol. The maximum absolute atomic E-state index is 12.9. The predicted octanol–water partition coefficient (Wildman–Crippen LogP) is -0.358. The molecular formula is C35H49N5O9. The van der Waals surface area contributed by atoms with Crippen LogP contribution in [-0.2, 0) is 40.1 Å². The molecule has 2 aliphatic rings. The lowest BCUT2D eigenvalue weighted by atomic mass is 9.99. The second-order valence-electron chi connectivity index (χ2n) is 13.3. The van der Waals surface area contributed by atoms with E-state index in [1.165, 1.54) is 0 Å². The summed E-state index contributed by atoms with van der Waals surface area (Å²) >= 11 is 0. The first-order chi connectivity index (χ1) is 23.5. The van der Waals surface area contributed by atoms with Gasteiger partial charge in [0.05, 0.1) is 30.7 Å². The van der Waals surface area contributed by atoms with Crippen LogP contribution in [-0.4, -0.2) is 128 Å². The van der Waals surface area contributed by atoms with Crippen LogP contribution in [0.5, 0.6) is 5.88 Å². The Balaban J connectivity index is 1.18. The Labute approximate surface area is 285 Å². The fourth-order valence-corrected chi connectivity index (χ4v) is 6.43. The molecule has 14 heteroatoms. The van der Waals surface area contributed by atoms with Gasteiger partial charge in [0.1, 0.15) is 30.0 Å². The summed E-state index contributed by atoms with van der Waals surface area (Å²) in [7, 11) is 0. The molecule has 3 heterocycles. The number of ether oxygens (including phenoxy) is 2. The molecule has 5 atom stereocenters. The Morgan fingerprint density at radius 1 is 0.980 bits per heavy atom. The number of piperazine rings is 1. The monoisotopic (exact) mass is 683 g/mol. The first kappa shape index (κ1) is 36.6. The molecule has 0 radical (unpaired) electrons. The van der Waals surface area contributed by atoms with Crippen molar-refractivity contribution in [2.75, 3.05) is 39.4 Å². The number of aliphatic hydroxyl groups is 5. The third-order valence-electron chi connectivity index (χ3n) is 9.19. The van der Waals surface area contributed by atoms with Gasteiger partial charge in [0.2, 0.25) is 24.0 Å². The van der Waals surface area contributed by atoms with Crippen LogP contribution in [0.2, 0.25) is 0 Å². The maximum atomic E-state index is 12.9. The smallest absolute Gasteiger partial charge is 0.247 e. The average Bonchev–Trinajstić information content (AvgIpc) is 3.45. The molecule has 0 unspecified atom stereocenters. The zero-order valence-electron chi connectivity index (χ0n) is 28.1. The second-order valence-corrected chi connectivity index (χ2v) is 13.3. The van der Waals surface area contributed by atoms with Crippen LogP contribution >= 0.6 is 0 Å². The minimum Gasteiger partial charge on any atom is -0.443 e. The molecule has 0 bridgehead atoms. The molecule has 2 saturated heterocycles. The molecule has 0 saturated carbocycles. The zero-order valence-corrected chi connectivity index (χ0v) is 28.1. The van der Waals surface area contributed by atoms with Crippen LogP contribution in [0.1, 0.15) is 43.4 Å². The Morgan fingerprint density at radius 3 is 2.35 bits per heavy atom. The minimum atomic E-state index is -1.59. The van der Waals surface area contributed by atoms with E-state index in [9.17, 15) is 35.1 Å². The molecule has 2 fully saturated rings. The summed E-state index contributed by atoms with van der Waals surface area (Å²) < 4.78 is 13.1. The van der Waals surface area contributed by atoms with Crippen molar-refractivity contribution in [3.8, 4) is 5.88 Å². The molecule has 14 nitrogen and oxygen atoms in total. The number of nitrogens with zero attached hydrogens (tertiary/aromatic N) is 3. The minimum absolute atomic E-state index is 0.0641. The van der Waals surface area contributed by atoms with Crippen LogP contribution in [0.3, 0.4) is 0 Å². The van der Waals surface area contributed by atoms with E-state index < -0.39 is 42.9 Å². The summed E-state index contributed by atoms with van der Waals surface area (Å²) in [5.74, 6) is -0.0680. The van der Waals surface area contributed by atoms with Gasteiger partial charge >= 0.3 is 0 Å². The number of hydrogen-bond donors (Lipinski definition) is 7. The SMILES string of the molecule is CC(C)(NC(=O)CCCc1ccc(CCc2cccc3c2c(O[C@@H]2O[C@H](CO)[C@@H](O)[C@H](O)[C@H]2O)nn3CCO)cc1)C(=O)N1CCNCC1. The van der Waals surface area contributed by atoms with E-state index in [-0.39, 0.29) is 30.8 Å². The second kappa shape index (κ2) is 16.4. The van der Waals surface area contributed by atoms with Crippen molar-refractivity contribution in [2.45, 2.75) is 88.7 Å². The highest BCUT2D eigenvalue weighted by Gasteiger charge is 2.45. The number of aromatic nitrogens is 2. The number of carbonyl (C=O) groups excluding carboxylic acids is 2. The highest BCUT2D eigenvalue weighted by molar-refractivity contribution is 5.91. The lowest BCUT2D eigenvalue weighted by Crippen LogP contribution is -2.60. The van der Waals surface area contributed by atoms with Gasteiger partial charge in [-0.1, -0.05) is 36.4 Å². The quantitative estimate of drug-likeness (QED) is 0.117. The number of aliphatic hydroxyl groups excluding tert-OH is 5. The topological polar surface area (TPSA) is 199 Å². The molecule has 2 aliphatic heterocycles. The number of carbonyl (C=O) groups is 2. The van der Waals surface area contributed by atoms with Crippen molar-refractivity contribution in [1.29, 1.82) is 0 Å². The zero-order chi connectivity index (χ0) is 35.1. The molecule has 5 rings (SSSR count). The van der Waals surface area contributed by atoms with E-state index in [0.29, 0.717) is 49.7 Å². The lowest BCUT2D eigenvalue weighted by molar-refractivity contribution is -0.278. The van der Waals surface area contributed by atoms with Crippen LogP contribution in [0.25, 0.3) is 10.9 Å². The van der Waals surface area contributed by atoms with Gasteiger partial charge in [-0.15, -0.1) is 5.10 Å². The third kappa shape index (κ3) is 8.76. The largest absolute Gasteiger partial charge is 0.443 e. The van der Waals surface area contributed by atoms with Crippen LogP contribution in [0, 0.1) is 0 Å². The summed E-state index contributed by atoms with van der Waals surface area (Å²) in [6.07, 6.45) is -4.20. The van der Waals surface area contributed by atoms with Gasteiger partial charge < -0.3 is 50.5 Å². The standard InChI is InChI=1S/C35H49N5O9/c1-35(2,34(47)39-17-15-36-16-18-39)37-27(43)8-3-5-22-9-11-23(12-10-22)13-14-24-6-4-7-25-28(24)32(38-40(25)19-20-41)49-33-31(46)30(45)29(44)26(21-42)48-33/h4,6-7,9-12,26,29-31,33,36,41-42,44-46H,3,5,8,13-21H2,1-2H3,(H,37,43)/t26-,29-,30+,31-,33+/m1/s1. The van der Waals surface area contributed by atoms with Crippen molar-refractivity contribution >= 4 is 22.7 Å². The number of fused-ring (bicyclic) bond motifs is 1. The van der Waals surface area contributed by atoms with Crippen LogP contribution in [0.15, 0.2) is 42.5 Å². The normalized spacial score (nSPS) is 23.1. The molecule has 268 valence electrons. The molecule has 49 heavy (non-hydrogen) atoms. The van der Waals surface area contributed by atoms with Crippen molar-refractivity contribution in [3.05, 3.63) is 59.2 Å². The van der Waals surface area contributed by atoms with Gasteiger partial charge in [0, 0.05) is 32.6 Å². The molecule has 2 amide bonds. The number of rotatable bonds is 14. The summed E-state index contributed by atoms with van der Waals surface area (Å²) in [6, 6.07) is 13.9. The summed E-state index contributed by atoms with van der Waals surface area (Å²) in [5, 5.41) is 61.5. The average molecular weight is 684 g/mol. The Kier molecular flexibility index (Phi) is 12.3. The van der Waals surface area contributed by atoms with E-state index in [1.807, 2.05) is 18.2 Å². The Hall–Kier alpha value is -3.63. The molecule has 3 aromatic rings. The number of aryl methyl sites for hydroxylation is 3. The first-order valence-corrected chi connectivity index (χ1v) is 17.0. The van der Waals surface area contributed by atoms with Gasteiger partial charge in [-0.05, 0) is 62.3 Å². The van der Waals surface area contributed by atoms with Gasteiger partial charge in [-0.2, -0.15) is 0 Å². The fraction of sp³-hybridized carbons (Fsp3) is 0.571. The van der Waals surface area contributed by atoms with Crippen molar-refractivity contribution < 1.29 is 44.6 Å². The van der Waals surface area contributed by atoms with Crippen molar-refractivity contribution in [1.82, 2.24) is 25.3 Å². The van der Waals surface area contributed by atoms with E-state index >= 15 is 0 Å². The molecule has 7 N–H and O–H groups in total. The van der Waals surface area contributed by atoms with Crippen LogP contribution in [0.4, 0.5) is 0 Å². The number of benzene rings is 2. The fourth-order valence-electron chi connectivity index (χ4n) is 6.43. The first-order valence-electron chi connectivity index (χ1n) is 17.0. The number of amides is 2. The molecule has 0 spiro atoms. The van der Waals surface area contributed by atoms with Gasteiger partial charge in [-0.3, -0.25) is 14.3 Å². The molecule has 1 aromatic heterocycles. The Bertz CT molecular complexity index is 1550. The lowest BCUT2D eigenvalue weighted by Gasteiger charge is -2.39. The van der Waals surface area contributed by atoms with Gasteiger partial charge in [-0.25, -0.2) is 0 Å². The molecule has 2 aromatic carbocycles. The highest BCUT2D eigenvalue weighted by Crippen LogP contribution is 2.32. The van der Waals surface area contributed by atoms with E-state index in [1.54, 1.807) is 23.4 Å². The van der Waals surface area contributed by atoms with Crippen LogP contribution < -0.4 is 15.4 Å². The number of nitrogens with one attached hydrogen (secondary N) is 2. The Morgan fingerprint density at radius 2 is 1.67 bits per heavy atom. The third-order valence-corrected chi connectivity index (χ3v) is 9.19. The summed E-state index contributed by atoms with van der Waals surface area (Å²) in [6.45, 7) is 5.76. The van der Waals surface area contributed by atoms with Crippen molar-refractivity contribution in [3.63, 3.8) is 0 Å². The van der Waals surface area contributed by atoms with Gasteiger partial charge in [0.25, 0.3) is 0 Å². The predicted molar refractivity (Wildman–Crippen MR) is 180 cm³/mol. The summed E-state index contributed by atoms with van der Waals surface area (Å²) in [5.41, 5.74) is 2.88. The van der Waals surface area contributed by atoms with Gasteiger partial charge in [0.15, 0.2) is 0 Å². The van der Waals surface area contributed by atoms with E-state index in [4.69, 9.17) is 9.47 Å².